The molecule has 40 heavy (non-hydrogen) atoms. The molecule has 2 aliphatic rings. The van der Waals surface area contributed by atoms with Gasteiger partial charge >= 0.3 is 12.4 Å². The lowest BCUT2D eigenvalue weighted by Gasteiger charge is -2.34. The molecule has 0 spiro atoms. The van der Waals surface area contributed by atoms with Crippen molar-refractivity contribution in [3.63, 3.8) is 0 Å². The Morgan fingerprint density at radius 2 is 1.52 bits per heavy atom. The van der Waals surface area contributed by atoms with Gasteiger partial charge in [-0.3, -0.25) is 14.5 Å². The van der Waals surface area contributed by atoms with Crippen molar-refractivity contribution in [2.75, 3.05) is 36.4 Å². The summed E-state index contributed by atoms with van der Waals surface area (Å²) in [5, 5.41) is 2.16. The van der Waals surface area contributed by atoms with Gasteiger partial charge in [-0.1, -0.05) is 25.1 Å². The maximum absolute atomic E-state index is 14.0. The lowest BCUT2D eigenvalue weighted by Crippen LogP contribution is -2.50. The molecule has 2 saturated heterocycles. The summed E-state index contributed by atoms with van der Waals surface area (Å²) in [6.07, 6.45) is -10.8. The average molecular weight is 578 g/mol. The van der Waals surface area contributed by atoms with Gasteiger partial charge in [-0.15, -0.1) is 0 Å². The molecule has 5 nitrogen and oxygen atoms in total. The fourth-order valence-corrected chi connectivity index (χ4v) is 5.54. The molecule has 0 aromatic heterocycles. The van der Waals surface area contributed by atoms with Gasteiger partial charge in [-0.2, -0.15) is 26.3 Å². The topological polar surface area (TPSA) is 52.6 Å². The van der Waals surface area contributed by atoms with Crippen molar-refractivity contribution in [1.29, 1.82) is 0 Å². The molecule has 0 radical (unpaired) electrons. The molecular formula is C27H27F8N3O2. The van der Waals surface area contributed by atoms with Crippen LogP contribution in [0.3, 0.4) is 0 Å². The van der Waals surface area contributed by atoms with E-state index in [0.717, 1.165) is 0 Å². The number of hydrogen-bond acceptors (Lipinski definition) is 3. The zero-order valence-corrected chi connectivity index (χ0v) is 21.8. The number of likely N-dealkylation sites (tertiary alicyclic amines) is 1. The molecule has 1 N–H and O–H groups in total. The standard InChI is InChI=1S/C27H27F8N3O2/c1-15-5-4-6-16(2)21(15)38-13-24(17(3)22(38)39,12-37-8-7-25(28,29)14-37)23(40)36-20-10-18(26(30,31)32)9-19(11-20)27(33,34)35/h4-6,9-11,17H,7-8,12-14H2,1-3H3,(H,36,40)/t17-,24-/m1/s1. The van der Waals surface area contributed by atoms with Crippen molar-refractivity contribution in [1.82, 2.24) is 4.90 Å². The van der Waals surface area contributed by atoms with Gasteiger partial charge in [0.25, 0.3) is 5.92 Å². The van der Waals surface area contributed by atoms with Crippen molar-refractivity contribution >= 4 is 23.2 Å². The molecule has 0 bridgehead atoms. The van der Waals surface area contributed by atoms with E-state index in [1.165, 1.54) is 16.7 Å². The lowest BCUT2D eigenvalue weighted by molar-refractivity contribution is -0.143. The molecule has 0 unspecified atom stereocenters. The summed E-state index contributed by atoms with van der Waals surface area (Å²) >= 11 is 0. The van der Waals surface area contributed by atoms with Crippen molar-refractivity contribution < 1.29 is 44.7 Å². The van der Waals surface area contributed by atoms with E-state index >= 15 is 0 Å². The minimum Gasteiger partial charge on any atom is -0.325 e. The number of anilines is 2. The number of nitrogens with one attached hydrogen (secondary N) is 1. The Morgan fingerprint density at radius 1 is 0.975 bits per heavy atom. The number of rotatable bonds is 5. The maximum Gasteiger partial charge on any atom is 0.416 e. The van der Waals surface area contributed by atoms with Crippen LogP contribution in [0.4, 0.5) is 46.5 Å². The van der Waals surface area contributed by atoms with Gasteiger partial charge in [0.2, 0.25) is 11.8 Å². The summed E-state index contributed by atoms with van der Waals surface area (Å²) in [5.41, 5.74) is -3.91. The minimum atomic E-state index is -5.14. The fourth-order valence-electron chi connectivity index (χ4n) is 5.54. The highest BCUT2D eigenvalue weighted by molar-refractivity contribution is 6.08. The summed E-state index contributed by atoms with van der Waals surface area (Å²) in [6.45, 7) is 3.43. The number of benzene rings is 2. The number of aryl methyl sites for hydroxylation is 2. The minimum absolute atomic E-state index is 0.0673. The highest BCUT2D eigenvalue weighted by Gasteiger charge is 2.57. The summed E-state index contributed by atoms with van der Waals surface area (Å²) in [4.78, 5) is 30.0. The Kier molecular flexibility index (Phi) is 7.44. The van der Waals surface area contributed by atoms with E-state index in [9.17, 15) is 44.7 Å². The number of halogens is 8. The second kappa shape index (κ2) is 10.0. The number of amides is 2. The fraction of sp³-hybridized carbons (Fsp3) is 0.481. The Bertz CT molecular complexity index is 1270. The van der Waals surface area contributed by atoms with Crippen molar-refractivity contribution in [3.05, 3.63) is 58.7 Å². The van der Waals surface area contributed by atoms with E-state index in [-0.39, 0.29) is 25.7 Å². The largest absolute Gasteiger partial charge is 0.416 e. The molecule has 2 aliphatic heterocycles. The quantitative estimate of drug-likeness (QED) is 0.425. The van der Waals surface area contributed by atoms with E-state index in [4.69, 9.17) is 0 Å². The average Bonchev–Trinajstić information content (AvgIpc) is 3.29. The Hall–Kier alpha value is -3.22. The second-order valence-corrected chi connectivity index (χ2v) is 10.6. The number of hydrogen-bond donors (Lipinski definition) is 1. The number of carbonyl (C=O) groups excluding carboxylic acids is 2. The van der Waals surface area contributed by atoms with Crippen molar-refractivity contribution in [2.45, 2.75) is 45.5 Å². The van der Waals surface area contributed by atoms with Gasteiger partial charge in [-0.25, -0.2) is 8.78 Å². The molecule has 13 heteroatoms. The van der Waals surface area contributed by atoms with Gasteiger partial charge in [-0.05, 0) is 43.2 Å². The summed E-state index contributed by atoms with van der Waals surface area (Å²) in [7, 11) is 0. The van der Waals surface area contributed by atoms with Gasteiger partial charge in [0, 0.05) is 37.4 Å². The van der Waals surface area contributed by atoms with Crippen LogP contribution in [-0.2, 0) is 21.9 Å². The van der Waals surface area contributed by atoms with Crippen molar-refractivity contribution in [2.24, 2.45) is 11.3 Å². The van der Waals surface area contributed by atoms with Crippen LogP contribution in [0.5, 0.6) is 0 Å². The number of para-hydroxylation sites is 1. The van der Waals surface area contributed by atoms with Crippen LogP contribution in [0, 0.1) is 25.2 Å². The van der Waals surface area contributed by atoms with Gasteiger partial charge < -0.3 is 10.2 Å². The highest BCUT2D eigenvalue weighted by Crippen LogP contribution is 2.45. The molecule has 2 heterocycles. The zero-order valence-electron chi connectivity index (χ0n) is 21.8. The van der Waals surface area contributed by atoms with Gasteiger partial charge in [0.1, 0.15) is 0 Å². The Morgan fingerprint density at radius 3 is 2.00 bits per heavy atom. The number of carbonyl (C=O) groups is 2. The van der Waals surface area contributed by atoms with Crippen LogP contribution in [0.2, 0.25) is 0 Å². The van der Waals surface area contributed by atoms with Crippen LogP contribution in [-0.4, -0.2) is 48.8 Å². The van der Waals surface area contributed by atoms with Crippen LogP contribution in [0.25, 0.3) is 0 Å². The predicted octanol–water partition coefficient (Wildman–Crippen LogP) is 6.29. The summed E-state index contributed by atoms with van der Waals surface area (Å²) < 4.78 is 109. The lowest BCUT2D eigenvalue weighted by atomic mass is 9.77. The molecule has 2 atom stereocenters. The molecule has 218 valence electrons. The molecule has 2 aromatic rings. The third kappa shape index (κ3) is 5.65. The Balaban J connectivity index is 1.77. The normalized spacial score (nSPS) is 23.6. The number of nitrogens with zero attached hydrogens (tertiary/aromatic N) is 2. The van der Waals surface area contributed by atoms with Crippen LogP contribution in [0.15, 0.2) is 36.4 Å². The molecule has 2 aromatic carbocycles. The molecule has 2 fully saturated rings. The van der Waals surface area contributed by atoms with E-state index < -0.39 is 71.2 Å². The van der Waals surface area contributed by atoms with Crippen LogP contribution >= 0.6 is 0 Å². The maximum atomic E-state index is 14.0. The molecule has 0 aliphatic carbocycles. The van der Waals surface area contributed by atoms with Crippen molar-refractivity contribution in [3.8, 4) is 0 Å². The zero-order chi connectivity index (χ0) is 29.8. The monoisotopic (exact) mass is 577 g/mol. The first-order valence-electron chi connectivity index (χ1n) is 12.4. The van der Waals surface area contributed by atoms with Gasteiger partial charge in [0.15, 0.2) is 0 Å². The molecule has 4 rings (SSSR count). The van der Waals surface area contributed by atoms with E-state index in [1.807, 2.05) is 0 Å². The summed E-state index contributed by atoms with van der Waals surface area (Å²) in [5.74, 6) is -5.73. The Labute approximate surface area is 225 Å². The van der Waals surface area contributed by atoms with Crippen LogP contribution < -0.4 is 10.2 Å². The first-order valence-corrected chi connectivity index (χ1v) is 12.4. The SMILES string of the molecule is Cc1cccc(C)c1N1C[C@@](CN2CCC(F)(F)C2)(C(=O)Nc2cc(C(F)(F)F)cc(C(F)(F)F)c2)[C@H](C)C1=O. The van der Waals surface area contributed by atoms with E-state index in [0.29, 0.717) is 28.9 Å². The van der Waals surface area contributed by atoms with Crippen LogP contribution in [0.1, 0.15) is 35.6 Å². The highest BCUT2D eigenvalue weighted by atomic mass is 19.4. The third-order valence-electron chi connectivity index (χ3n) is 7.67. The molecule has 2 amide bonds. The molecule has 0 saturated carbocycles. The first-order chi connectivity index (χ1) is 18.3. The smallest absolute Gasteiger partial charge is 0.325 e. The molecular weight excluding hydrogens is 550 g/mol. The second-order valence-electron chi connectivity index (χ2n) is 10.6. The third-order valence-corrected chi connectivity index (χ3v) is 7.67. The first kappa shape index (κ1) is 29.8. The predicted molar refractivity (Wildman–Crippen MR) is 131 cm³/mol. The number of alkyl halides is 8. The van der Waals surface area contributed by atoms with Gasteiger partial charge in [0.05, 0.1) is 29.0 Å². The summed E-state index contributed by atoms with van der Waals surface area (Å²) in [6, 6.07) is 5.91. The van der Waals surface area contributed by atoms with E-state index in [1.54, 1.807) is 32.0 Å². The van der Waals surface area contributed by atoms with E-state index in [2.05, 4.69) is 5.32 Å².